The molecule has 0 aliphatic carbocycles. The number of nitrogens with zero attached hydrogens (tertiary/aromatic N) is 1. The lowest BCUT2D eigenvalue weighted by atomic mass is 10.2. The van der Waals surface area contributed by atoms with Crippen molar-refractivity contribution in [2.75, 3.05) is 7.11 Å². The van der Waals surface area contributed by atoms with Gasteiger partial charge in [-0.2, -0.15) is 0 Å². The second kappa shape index (κ2) is 6.98. The third-order valence-electron chi connectivity index (χ3n) is 2.27. The number of ether oxygens (including phenoxy) is 1. The maximum Gasteiger partial charge on any atom is 0.354 e. The van der Waals surface area contributed by atoms with Crippen molar-refractivity contribution in [3.8, 4) is 0 Å². The van der Waals surface area contributed by atoms with Crippen LogP contribution in [0.15, 0.2) is 41.9 Å². The molecule has 0 unspecified atom stereocenters. The number of hydrogen-bond donors (Lipinski definition) is 3. The zero-order valence-electron chi connectivity index (χ0n) is 11.5. The van der Waals surface area contributed by atoms with Gasteiger partial charge in [-0.1, -0.05) is 12.1 Å². The lowest BCUT2D eigenvalue weighted by molar-refractivity contribution is 0.0595. The number of rotatable bonds is 2. The van der Waals surface area contributed by atoms with Crippen LogP contribution in [0.4, 0.5) is 5.69 Å². The van der Waals surface area contributed by atoms with Crippen molar-refractivity contribution in [2.24, 2.45) is 16.5 Å². The zero-order chi connectivity index (χ0) is 15.1. The molecule has 6 nitrogen and oxygen atoms in total. The number of carbonyl (C=O) groups is 1. The summed E-state index contributed by atoms with van der Waals surface area (Å²) in [6.45, 7) is 5.25. The number of guanidine groups is 1. The summed E-state index contributed by atoms with van der Waals surface area (Å²) in [4.78, 5) is 18.2. The Morgan fingerprint density at radius 3 is 2.60 bits per heavy atom. The minimum atomic E-state index is -0.412. The number of methoxy groups -OCH3 is 1. The highest BCUT2D eigenvalue weighted by molar-refractivity contribution is 5.95. The van der Waals surface area contributed by atoms with E-state index < -0.39 is 5.97 Å². The summed E-state index contributed by atoms with van der Waals surface area (Å²) in [6, 6.07) is 7.04. The number of carbonyl (C=O) groups excluding carboxylic acids is 1. The van der Waals surface area contributed by atoms with Crippen LogP contribution in [0.2, 0.25) is 0 Å². The van der Waals surface area contributed by atoms with Crippen LogP contribution in [-0.2, 0) is 4.74 Å². The molecule has 1 heterocycles. The molecule has 106 valence electrons. The van der Waals surface area contributed by atoms with Crippen LogP contribution in [0.3, 0.4) is 0 Å². The molecule has 0 bridgehead atoms. The van der Waals surface area contributed by atoms with E-state index in [9.17, 15) is 4.79 Å². The summed E-state index contributed by atoms with van der Waals surface area (Å²) in [6.07, 6.45) is 1.75. The fourth-order valence-corrected chi connectivity index (χ4v) is 1.55. The molecule has 1 aromatic heterocycles. The van der Waals surface area contributed by atoms with Gasteiger partial charge in [0.1, 0.15) is 5.69 Å². The number of nitrogens with two attached hydrogens (primary N) is 2. The summed E-state index contributed by atoms with van der Waals surface area (Å²) < 4.78 is 4.62. The third kappa shape index (κ3) is 3.88. The molecule has 20 heavy (non-hydrogen) atoms. The summed E-state index contributed by atoms with van der Waals surface area (Å²) in [5, 5.41) is 0.889. The molecule has 6 heteroatoms. The molecule has 0 radical (unpaired) electrons. The quantitative estimate of drug-likeness (QED) is 0.337. The van der Waals surface area contributed by atoms with E-state index in [1.54, 1.807) is 24.3 Å². The molecule has 2 rings (SSSR count). The number of H-pyrrole nitrogens is 1. The van der Waals surface area contributed by atoms with Gasteiger partial charge in [0.2, 0.25) is 0 Å². The van der Waals surface area contributed by atoms with Gasteiger partial charge in [-0.3, -0.25) is 0 Å². The maximum atomic E-state index is 11.3. The molecule has 0 saturated heterocycles. The molecule has 0 aliphatic heterocycles. The fourth-order valence-electron chi connectivity index (χ4n) is 1.55. The topological polar surface area (TPSA) is 106 Å². The van der Waals surface area contributed by atoms with Gasteiger partial charge in [0.25, 0.3) is 0 Å². The van der Waals surface area contributed by atoms with Gasteiger partial charge in [-0.25, -0.2) is 9.79 Å². The molecule has 1 aromatic carbocycles. The zero-order valence-corrected chi connectivity index (χ0v) is 11.5. The summed E-state index contributed by atoms with van der Waals surface area (Å²) in [5.74, 6) is -0.423. The van der Waals surface area contributed by atoms with Crippen LogP contribution in [0.25, 0.3) is 10.9 Å². The molecular formula is C14H18N4O2. The van der Waals surface area contributed by atoms with Crippen LogP contribution in [0, 0.1) is 0 Å². The third-order valence-corrected chi connectivity index (χ3v) is 2.27. The first-order valence-electron chi connectivity index (χ1n) is 5.89. The van der Waals surface area contributed by atoms with Crippen molar-refractivity contribution >= 4 is 28.5 Å². The molecule has 0 spiro atoms. The van der Waals surface area contributed by atoms with Crippen molar-refractivity contribution in [3.63, 3.8) is 0 Å². The summed E-state index contributed by atoms with van der Waals surface area (Å²) in [7, 11) is 1.33. The average molecular weight is 274 g/mol. The Hall–Kier alpha value is -2.76. The highest BCUT2D eigenvalue weighted by Crippen LogP contribution is 2.21. The predicted octanol–water partition coefficient (Wildman–Crippen LogP) is 2.05. The van der Waals surface area contributed by atoms with E-state index >= 15 is 0 Å². The lowest BCUT2D eigenvalue weighted by Crippen LogP contribution is -2.21. The Labute approximate surface area is 117 Å². The van der Waals surface area contributed by atoms with Crippen LogP contribution in [0.1, 0.15) is 17.4 Å². The Kier molecular flexibility index (Phi) is 5.34. The highest BCUT2D eigenvalue weighted by atomic mass is 16.5. The van der Waals surface area contributed by atoms with E-state index in [4.69, 9.17) is 11.5 Å². The first-order chi connectivity index (χ1) is 9.51. The Morgan fingerprint density at radius 2 is 2.05 bits per heavy atom. The van der Waals surface area contributed by atoms with Crippen LogP contribution < -0.4 is 11.5 Å². The van der Waals surface area contributed by atoms with Gasteiger partial charge in [0, 0.05) is 10.9 Å². The fraction of sp³-hybridized carbons (Fsp3) is 0.143. The predicted molar refractivity (Wildman–Crippen MR) is 81.0 cm³/mol. The number of aliphatic imine (C=N–C) groups is 1. The van der Waals surface area contributed by atoms with Crippen molar-refractivity contribution in [2.45, 2.75) is 6.92 Å². The lowest BCUT2D eigenvalue weighted by Gasteiger charge is -1.95. The molecule has 5 N–H and O–H groups in total. The van der Waals surface area contributed by atoms with E-state index in [2.05, 4.69) is 21.3 Å². The van der Waals surface area contributed by atoms with Crippen LogP contribution >= 0.6 is 0 Å². The number of allylic oxidation sites excluding steroid dienone is 1. The number of fused-ring (bicyclic) bond motifs is 1. The molecular weight excluding hydrogens is 256 g/mol. The van der Waals surface area contributed by atoms with Gasteiger partial charge in [0.05, 0.1) is 12.8 Å². The van der Waals surface area contributed by atoms with E-state index in [0.717, 1.165) is 10.9 Å². The number of hydrogen-bond acceptors (Lipinski definition) is 3. The monoisotopic (exact) mass is 274 g/mol. The molecule has 0 aliphatic rings. The maximum absolute atomic E-state index is 11.3. The SMILES string of the molecule is C=CC.COC(=O)c1cc2ccc(N=C(N)N)cc2[nH]1. The Balaban J connectivity index is 0.000000612. The largest absolute Gasteiger partial charge is 0.464 e. The molecule has 0 amide bonds. The van der Waals surface area contributed by atoms with E-state index in [0.29, 0.717) is 11.4 Å². The first-order valence-corrected chi connectivity index (χ1v) is 5.89. The normalized spacial score (nSPS) is 9.30. The van der Waals surface area contributed by atoms with Crippen molar-refractivity contribution in [3.05, 3.63) is 42.6 Å². The molecule has 0 saturated carbocycles. The van der Waals surface area contributed by atoms with Crippen molar-refractivity contribution in [1.82, 2.24) is 4.98 Å². The van der Waals surface area contributed by atoms with Crippen molar-refractivity contribution in [1.29, 1.82) is 0 Å². The highest BCUT2D eigenvalue weighted by Gasteiger charge is 2.09. The smallest absolute Gasteiger partial charge is 0.354 e. The van der Waals surface area contributed by atoms with E-state index in [1.807, 2.05) is 13.0 Å². The number of nitrogens with one attached hydrogen (secondary N) is 1. The average Bonchev–Trinajstić information content (AvgIpc) is 2.81. The van der Waals surface area contributed by atoms with Gasteiger partial charge in [-0.15, -0.1) is 6.58 Å². The second-order valence-electron chi connectivity index (χ2n) is 3.89. The summed E-state index contributed by atoms with van der Waals surface area (Å²) >= 11 is 0. The van der Waals surface area contributed by atoms with Crippen molar-refractivity contribution < 1.29 is 9.53 Å². The van der Waals surface area contributed by atoms with E-state index in [-0.39, 0.29) is 5.96 Å². The number of aromatic nitrogens is 1. The number of esters is 1. The molecule has 0 fully saturated rings. The van der Waals surface area contributed by atoms with Gasteiger partial charge in [-0.05, 0) is 25.1 Å². The minimum absolute atomic E-state index is 0.0101. The minimum Gasteiger partial charge on any atom is -0.464 e. The Morgan fingerprint density at radius 1 is 1.40 bits per heavy atom. The summed E-state index contributed by atoms with van der Waals surface area (Å²) in [5.41, 5.74) is 12.4. The Bertz CT molecular complexity index is 640. The van der Waals surface area contributed by atoms with Gasteiger partial charge in [0.15, 0.2) is 5.96 Å². The first kappa shape index (κ1) is 15.3. The standard InChI is InChI=1S/C11H12N4O2.C3H6/c1-17-10(16)9-4-6-2-3-7(14-11(12)13)5-8(6)15-9;1-3-2/h2-5,15H,1H3,(H4,12,13,14);3H,1H2,2H3. The van der Waals surface area contributed by atoms with Gasteiger partial charge >= 0.3 is 5.97 Å². The van der Waals surface area contributed by atoms with E-state index in [1.165, 1.54) is 7.11 Å². The number of benzene rings is 1. The molecule has 2 aromatic rings. The number of aromatic amines is 1. The second-order valence-corrected chi connectivity index (χ2v) is 3.89. The van der Waals surface area contributed by atoms with Crippen LogP contribution in [0.5, 0.6) is 0 Å². The van der Waals surface area contributed by atoms with Crippen LogP contribution in [-0.4, -0.2) is 24.0 Å². The molecule has 0 atom stereocenters. The van der Waals surface area contributed by atoms with Gasteiger partial charge < -0.3 is 21.2 Å².